The molecule has 470 valence electrons. The van der Waals surface area contributed by atoms with E-state index >= 15 is 0 Å². The maximum atomic E-state index is 12.6. The van der Waals surface area contributed by atoms with Gasteiger partial charge in [0.15, 0.2) is 0 Å². The summed E-state index contributed by atoms with van der Waals surface area (Å²) >= 11 is 0. The second-order valence-corrected chi connectivity index (χ2v) is 25.3. The molecule has 79 heavy (non-hydrogen) atoms. The number of carbonyl (C=O) groups is 2. The molecule has 0 aromatic carbocycles. The smallest absolute Gasteiger partial charge is 0.305 e. The number of amides is 1. The summed E-state index contributed by atoms with van der Waals surface area (Å²) in [7, 11) is 0. The fraction of sp³-hybridized carbons (Fsp3) is 0.945. The topological polar surface area (TPSA) is 95.9 Å². The van der Waals surface area contributed by atoms with Gasteiger partial charge in [-0.2, -0.15) is 0 Å². The highest BCUT2D eigenvalue weighted by Gasteiger charge is 2.20. The van der Waals surface area contributed by atoms with Crippen molar-refractivity contribution in [3.8, 4) is 0 Å². The van der Waals surface area contributed by atoms with Gasteiger partial charge in [-0.25, -0.2) is 0 Å². The van der Waals surface area contributed by atoms with Crippen LogP contribution in [0.2, 0.25) is 0 Å². The normalized spacial score (nSPS) is 12.5. The van der Waals surface area contributed by atoms with E-state index in [0.717, 1.165) is 38.5 Å². The third kappa shape index (κ3) is 65.6. The van der Waals surface area contributed by atoms with E-state index in [1.54, 1.807) is 0 Å². The number of hydrogen-bond acceptors (Lipinski definition) is 5. The summed E-state index contributed by atoms with van der Waals surface area (Å²) in [5.74, 6) is -0.0291. The Labute approximate surface area is 495 Å². The third-order valence-corrected chi connectivity index (χ3v) is 17.3. The van der Waals surface area contributed by atoms with Crippen LogP contribution in [0, 0.1) is 0 Å². The van der Waals surface area contributed by atoms with Gasteiger partial charge in [0.05, 0.1) is 25.4 Å². The summed E-state index contributed by atoms with van der Waals surface area (Å²) in [4.78, 5) is 24.7. The summed E-state index contributed by atoms with van der Waals surface area (Å²) in [6, 6.07) is -0.550. The summed E-state index contributed by atoms with van der Waals surface area (Å²) in [6.45, 7) is 4.99. The Hall–Kier alpha value is -1.40. The number of hydrogen-bond donors (Lipinski definition) is 3. The zero-order chi connectivity index (χ0) is 57.1. The van der Waals surface area contributed by atoms with Gasteiger partial charge in [0.25, 0.3) is 0 Å². The van der Waals surface area contributed by atoms with Gasteiger partial charge in [0, 0.05) is 12.8 Å². The van der Waals surface area contributed by atoms with E-state index in [2.05, 4.69) is 31.3 Å². The molecule has 6 nitrogen and oxygen atoms in total. The molecule has 0 aliphatic carbocycles. The number of unbranched alkanes of at least 4 members (excludes halogenated alkanes) is 56. The zero-order valence-corrected chi connectivity index (χ0v) is 53.9. The Balaban J connectivity index is 3.41. The van der Waals surface area contributed by atoms with E-state index in [4.69, 9.17) is 4.74 Å². The maximum absolute atomic E-state index is 12.6. The second kappa shape index (κ2) is 69.1. The highest BCUT2D eigenvalue weighted by atomic mass is 16.5. The predicted molar refractivity (Wildman–Crippen MR) is 347 cm³/mol. The SMILES string of the molecule is CCCCCCCCCCCCCCCCCCCCCCCCCCCC(O)C(CO)NC(=O)CCCCCCCCC/C=C\CCCCCCCCCCOC(=O)CCCCCCCCCCCCCCCCCCCC. The van der Waals surface area contributed by atoms with Crippen LogP contribution in [0.3, 0.4) is 0 Å². The van der Waals surface area contributed by atoms with Crippen LogP contribution < -0.4 is 5.32 Å². The standard InChI is InChI=1S/C73H143NO5/c1-3-5-7-9-11-13-15-17-19-21-23-24-25-26-27-28-30-33-37-41-45-49-53-57-61-65-71(76)70(69-75)74-72(77)66-62-58-54-50-46-42-38-34-31-29-32-36-40-44-48-52-56-60-64-68-79-73(78)67-63-59-55-51-47-43-39-35-22-20-18-16-14-12-10-8-6-4-2/h29,31,70-71,75-76H,3-28,30,32-69H2,1-2H3,(H,74,77)/b31-29-. The van der Waals surface area contributed by atoms with Gasteiger partial charge in [0.2, 0.25) is 5.91 Å². The van der Waals surface area contributed by atoms with E-state index < -0.39 is 12.1 Å². The molecule has 0 saturated carbocycles. The summed E-state index contributed by atoms with van der Waals surface area (Å²) in [5.41, 5.74) is 0. The molecule has 0 heterocycles. The van der Waals surface area contributed by atoms with Crippen molar-refractivity contribution in [3.05, 3.63) is 12.2 Å². The summed E-state index contributed by atoms with van der Waals surface area (Å²) < 4.78 is 5.50. The molecule has 0 aromatic rings. The third-order valence-electron chi connectivity index (χ3n) is 17.3. The highest BCUT2D eigenvalue weighted by Crippen LogP contribution is 2.19. The molecule has 2 unspecified atom stereocenters. The van der Waals surface area contributed by atoms with Gasteiger partial charge in [-0.15, -0.1) is 0 Å². The van der Waals surface area contributed by atoms with Crippen molar-refractivity contribution in [2.24, 2.45) is 0 Å². The van der Waals surface area contributed by atoms with Crippen LogP contribution in [0.5, 0.6) is 0 Å². The van der Waals surface area contributed by atoms with E-state index in [-0.39, 0.29) is 18.5 Å². The molecule has 0 aliphatic heterocycles. The maximum Gasteiger partial charge on any atom is 0.305 e. The highest BCUT2D eigenvalue weighted by molar-refractivity contribution is 5.76. The van der Waals surface area contributed by atoms with Crippen LogP contribution in [0.4, 0.5) is 0 Å². The van der Waals surface area contributed by atoms with Crippen molar-refractivity contribution in [1.82, 2.24) is 5.32 Å². The molecule has 1 amide bonds. The molecule has 2 atom stereocenters. The number of allylic oxidation sites excluding steroid dienone is 2. The molecule has 6 heteroatoms. The minimum absolute atomic E-state index is 0.00991. The van der Waals surface area contributed by atoms with Crippen molar-refractivity contribution < 1.29 is 24.5 Å². The Morgan fingerprint density at radius 1 is 0.342 bits per heavy atom. The van der Waals surface area contributed by atoms with Crippen LogP contribution in [-0.2, 0) is 14.3 Å². The van der Waals surface area contributed by atoms with Crippen molar-refractivity contribution in [1.29, 1.82) is 0 Å². The molecule has 0 aliphatic rings. The van der Waals surface area contributed by atoms with E-state index in [9.17, 15) is 19.8 Å². The quantitative estimate of drug-likeness (QED) is 0.0320. The molecule has 0 radical (unpaired) electrons. The first-order valence-corrected chi connectivity index (χ1v) is 36.4. The number of aliphatic hydroxyl groups excluding tert-OH is 2. The lowest BCUT2D eigenvalue weighted by atomic mass is 10.0. The minimum atomic E-state index is -0.672. The predicted octanol–water partition coefficient (Wildman–Crippen LogP) is 23.5. The molecule has 0 saturated heterocycles. The first kappa shape index (κ1) is 77.6. The van der Waals surface area contributed by atoms with E-state index in [1.165, 1.54) is 347 Å². The lowest BCUT2D eigenvalue weighted by Crippen LogP contribution is -2.45. The first-order chi connectivity index (χ1) is 39.0. The summed E-state index contributed by atoms with van der Waals surface area (Å²) in [5, 5.41) is 23.4. The largest absolute Gasteiger partial charge is 0.466 e. The molecule has 3 N–H and O–H groups in total. The van der Waals surface area contributed by atoms with Crippen molar-refractivity contribution >= 4 is 11.9 Å². The monoisotopic (exact) mass is 1110 g/mol. The number of rotatable bonds is 69. The number of carbonyl (C=O) groups excluding carboxylic acids is 2. The number of esters is 1. The van der Waals surface area contributed by atoms with Crippen molar-refractivity contribution in [2.75, 3.05) is 13.2 Å². The lowest BCUT2D eigenvalue weighted by Gasteiger charge is -2.22. The Morgan fingerprint density at radius 3 is 0.899 bits per heavy atom. The van der Waals surface area contributed by atoms with Crippen molar-refractivity contribution in [3.63, 3.8) is 0 Å². The Bertz CT molecular complexity index is 1190. The molecule has 0 fully saturated rings. The average molecular weight is 1110 g/mol. The van der Waals surface area contributed by atoms with Gasteiger partial charge < -0.3 is 20.3 Å². The molecule has 0 bridgehead atoms. The van der Waals surface area contributed by atoms with Gasteiger partial charge in [0.1, 0.15) is 0 Å². The lowest BCUT2D eigenvalue weighted by molar-refractivity contribution is -0.143. The van der Waals surface area contributed by atoms with E-state index in [0.29, 0.717) is 25.9 Å². The fourth-order valence-electron chi connectivity index (χ4n) is 11.8. The molecular formula is C73H143NO5. The van der Waals surface area contributed by atoms with Gasteiger partial charge in [-0.3, -0.25) is 9.59 Å². The molecule has 0 aromatic heterocycles. The van der Waals surface area contributed by atoms with Gasteiger partial charge in [-0.1, -0.05) is 366 Å². The van der Waals surface area contributed by atoms with Crippen molar-refractivity contribution in [2.45, 2.75) is 431 Å². The minimum Gasteiger partial charge on any atom is -0.466 e. The number of nitrogens with one attached hydrogen (secondary N) is 1. The first-order valence-electron chi connectivity index (χ1n) is 36.4. The van der Waals surface area contributed by atoms with Crippen LogP contribution in [0.15, 0.2) is 12.2 Å². The van der Waals surface area contributed by atoms with Crippen LogP contribution in [-0.4, -0.2) is 47.4 Å². The van der Waals surface area contributed by atoms with Crippen LogP contribution >= 0.6 is 0 Å². The Morgan fingerprint density at radius 2 is 0.595 bits per heavy atom. The molecular weight excluding hydrogens is 971 g/mol. The average Bonchev–Trinajstić information content (AvgIpc) is 3.45. The molecule has 0 spiro atoms. The number of aliphatic hydroxyl groups is 2. The van der Waals surface area contributed by atoms with Gasteiger partial charge in [-0.05, 0) is 51.4 Å². The van der Waals surface area contributed by atoms with Gasteiger partial charge >= 0.3 is 5.97 Å². The molecule has 0 rings (SSSR count). The number of ether oxygens (including phenoxy) is 1. The Kier molecular flexibility index (Phi) is 67.9. The van der Waals surface area contributed by atoms with Crippen LogP contribution in [0.25, 0.3) is 0 Å². The summed E-state index contributed by atoms with van der Waals surface area (Å²) in [6.07, 6.45) is 85.5. The zero-order valence-electron chi connectivity index (χ0n) is 53.9. The van der Waals surface area contributed by atoms with E-state index in [1.807, 2.05) is 0 Å². The second-order valence-electron chi connectivity index (χ2n) is 25.3. The van der Waals surface area contributed by atoms with Crippen LogP contribution in [0.1, 0.15) is 418 Å². The fourth-order valence-corrected chi connectivity index (χ4v) is 11.8.